The Morgan fingerprint density at radius 2 is 0.729 bits per heavy atom. The van der Waals surface area contributed by atoms with E-state index in [1.165, 1.54) is 45.7 Å². The average molecular weight is 1820 g/mol. The fourth-order valence-corrected chi connectivity index (χ4v) is 9.14. The molecule has 0 aromatic heterocycles. The molecule has 17 nitrogen and oxygen atoms in total. The molecule has 9 atom stereocenters. The molecule has 0 heterocycles. The lowest BCUT2D eigenvalue weighted by molar-refractivity contribution is -0.121. The Morgan fingerprint density at radius 3 is 1.11 bits per heavy atom. The predicted octanol–water partition coefficient (Wildman–Crippen LogP) is 17.0. The zero-order valence-electron chi connectivity index (χ0n) is 79.5. The number of ketones is 7. The van der Waals surface area contributed by atoms with E-state index in [9.17, 15) is 83.9 Å². The molecule has 0 spiro atoms. The van der Waals surface area contributed by atoms with Crippen LogP contribution in [0.4, 0.5) is 4.39 Å². The number of unbranched alkanes of at least 4 members (excludes halogenated alkanes) is 4. The van der Waals surface area contributed by atoms with Gasteiger partial charge >= 0.3 is 0 Å². The number of hydrogen-bond acceptors (Lipinski definition) is 17. The number of rotatable bonds is 47. The second kappa shape index (κ2) is 98.6. The Labute approximate surface area is 796 Å². The fraction of sp³-hybridized carbons (Fsp3) is 0.435. The molecule has 18 heteroatoms. The van der Waals surface area contributed by atoms with E-state index in [1.807, 2.05) is 42.5 Å². The van der Waals surface area contributed by atoms with Crippen LogP contribution in [-0.4, -0.2) is 155 Å². The highest BCUT2D eigenvalue weighted by Crippen LogP contribution is 2.33. The predicted molar refractivity (Wildman–Crippen MR) is 538 cm³/mol. The minimum Gasteiger partial charge on any atom is -0.389 e. The topological polar surface area (TPSA) is 311 Å². The molecule has 2 rings (SSSR count). The van der Waals surface area contributed by atoms with Crippen LogP contribution in [0.2, 0.25) is 0 Å². The minimum absolute atomic E-state index is 0.0125. The van der Waals surface area contributed by atoms with Crippen LogP contribution in [0.25, 0.3) is 0 Å². The molecular formula is C115H143FO17. The molecule has 1 aromatic rings. The summed E-state index contributed by atoms with van der Waals surface area (Å²) in [6.07, 6.45) is 81.5. The molecule has 0 bridgehead atoms. The summed E-state index contributed by atoms with van der Waals surface area (Å²) < 4.78 is 17.8. The molecule has 1 fully saturated rings. The van der Waals surface area contributed by atoms with Crippen LogP contribution < -0.4 is 0 Å². The molecular weight excluding hydrogens is 1670 g/mol. The van der Waals surface area contributed by atoms with Gasteiger partial charge in [0.15, 0.2) is 5.78 Å². The third kappa shape index (κ3) is 120. The molecule has 9 N–H and O–H groups in total. The van der Waals surface area contributed by atoms with Crippen molar-refractivity contribution >= 4 is 40.5 Å². The SMILES string of the molecule is C#CCC/C=C/C=C/C#CCCCCC(C)=O.C#CCC/C=C/C=C/C#C[C@@H](O)CCCC(C)=O.C#CC[C@@H](O)/C=C/C=C/C#CCCC(C)=O.C#CC[C@@H](O)/C=C/C=C/C#CCCOCC(C)=O.CC(=O)CCC[C@H](O)C#C/C=C/C=C/[C@H](O)CC(C)C.CC(=O)CC[C@H](O)C#C/C=C/C=C/[C@H](O)CC#Cc1ccc(F)cc1.CC(=O)CC[C@H](O)C#C/C=C/C=C/[C@H](O)CC1CC1. The summed E-state index contributed by atoms with van der Waals surface area (Å²) in [7, 11) is 0. The summed E-state index contributed by atoms with van der Waals surface area (Å²) in [5, 5.41) is 85.3. The summed E-state index contributed by atoms with van der Waals surface area (Å²) in [4.78, 5) is 74.6. The Hall–Kier alpha value is -12.5. The second-order valence-electron chi connectivity index (χ2n) is 30.2. The lowest BCUT2D eigenvalue weighted by Gasteiger charge is -2.06. The molecule has 1 saturated carbocycles. The van der Waals surface area contributed by atoms with E-state index >= 15 is 0 Å². The minimum atomic E-state index is -0.815. The normalized spacial score (nSPS) is 13.2. The monoisotopic (exact) mass is 1820 g/mol. The van der Waals surface area contributed by atoms with Crippen LogP contribution >= 0.6 is 0 Å². The van der Waals surface area contributed by atoms with Crippen molar-refractivity contribution in [1.82, 2.24) is 0 Å². The molecule has 1 aliphatic rings. The molecule has 0 radical (unpaired) electrons. The van der Waals surface area contributed by atoms with Crippen molar-refractivity contribution in [2.45, 2.75) is 297 Å². The molecule has 1 aliphatic carbocycles. The van der Waals surface area contributed by atoms with E-state index < -0.39 is 48.8 Å². The maximum absolute atomic E-state index is 12.7. The lowest BCUT2D eigenvalue weighted by Crippen LogP contribution is -2.05. The number of carbonyl (C=O) groups excluding carboxylic acids is 7. The molecule has 0 amide bonds. The van der Waals surface area contributed by atoms with E-state index in [4.69, 9.17) is 30.4 Å². The largest absolute Gasteiger partial charge is 0.389 e. The fourth-order valence-electron chi connectivity index (χ4n) is 9.14. The van der Waals surface area contributed by atoms with Gasteiger partial charge < -0.3 is 74.7 Å². The van der Waals surface area contributed by atoms with Crippen LogP contribution in [0.15, 0.2) is 194 Å². The number of halogens is 1. The van der Waals surface area contributed by atoms with Gasteiger partial charge in [-0.3, -0.25) is 9.59 Å². The van der Waals surface area contributed by atoms with Crippen molar-refractivity contribution in [1.29, 1.82) is 0 Å². The first-order valence-corrected chi connectivity index (χ1v) is 44.7. The number of aliphatic hydroxyl groups is 9. The van der Waals surface area contributed by atoms with Gasteiger partial charge in [0.1, 0.15) is 71.5 Å². The van der Waals surface area contributed by atoms with Crippen LogP contribution in [0, 0.1) is 162 Å². The summed E-state index contributed by atoms with van der Waals surface area (Å²) in [6, 6.07) is 5.83. The maximum atomic E-state index is 12.7. The van der Waals surface area contributed by atoms with Gasteiger partial charge in [0.05, 0.1) is 37.1 Å². The van der Waals surface area contributed by atoms with Crippen molar-refractivity contribution in [3.8, 4) is 144 Å². The van der Waals surface area contributed by atoms with Gasteiger partial charge in [-0.2, -0.15) is 0 Å². The van der Waals surface area contributed by atoms with Gasteiger partial charge in [-0.15, -0.1) is 49.4 Å². The van der Waals surface area contributed by atoms with Gasteiger partial charge in [0, 0.05) is 95.5 Å². The number of carbonyl (C=O) groups is 7. The number of ether oxygens (including phenoxy) is 1. The van der Waals surface area contributed by atoms with Crippen molar-refractivity contribution in [3.63, 3.8) is 0 Å². The molecule has 0 aliphatic heterocycles. The summed E-state index contributed by atoms with van der Waals surface area (Å²) in [5.41, 5.74) is 0.691. The lowest BCUT2D eigenvalue weighted by atomic mass is 10.1. The first-order valence-electron chi connectivity index (χ1n) is 44.7. The zero-order chi connectivity index (χ0) is 100. The number of terminal acetylenes is 4. The van der Waals surface area contributed by atoms with Crippen LogP contribution in [0.5, 0.6) is 0 Å². The number of hydrogen-bond donors (Lipinski definition) is 9. The third-order valence-electron chi connectivity index (χ3n) is 16.1. The Bertz CT molecular complexity index is 4620. The highest BCUT2D eigenvalue weighted by atomic mass is 19.1. The Balaban J connectivity index is -0.000000481. The number of benzene rings is 1. The second-order valence-corrected chi connectivity index (χ2v) is 30.2. The van der Waals surface area contributed by atoms with Crippen LogP contribution in [-0.2, 0) is 38.3 Å². The van der Waals surface area contributed by atoms with Crippen molar-refractivity contribution in [2.75, 3.05) is 13.2 Å². The standard InChI is InChI=1S/C21H21FO3.C17H26O3.C16H22O3.C16H20O2.C16H20O.C15H18O3.C14H16O2/c1-17(23)11-16-21(25)9-5-3-2-4-8-20(24)10-6-7-18-12-14-19(22)15-13-18;1-14(2)13-17(20)11-7-5-4-6-10-16(19)12-8-9-15(3)18;1-13(17)8-11-15(18)6-4-2-3-5-7-16(19)12-14-9-10-14;1-3-4-5-6-7-8-9-10-13-16(18)14-11-12-15(2)17;1-3-4-5-6-7-8-9-10-11-12-13-14-15-16(2)17;1-3-10-15(17)11-8-6-4-5-7-9-12-18-13-14(2)16;1-3-10-14(16)12-9-7-5-4-6-8-11-13(2)15/h2-4,8,12-15,20-21,24-25H,10-11,16H2,1H3;4-5,7,11,14,16-17,19-20H,8-9,12-13H2,1-3H3;2-3,5,7,14-16,18-19H,8-12H2,1H3;1,6-9,16,18H,4-5,11-12,14H2,2H3;1,6-9H,4-5,12-15H2,2H3;1,4,6,8,11,15,17H,9-10,12-13H2,2H3;1,5,7,9,12,14,16H,8,10-11H2,2H3/b3-2+,8-4+;5-4+,11-7+;3-2+,7-5+;2*7-6+,9-8+;6-4+,11-8+;7-5+,12-9+/t20-,21+;16-,17+;15-,16+;16-;;15-;14-/m0111.11/s1. The van der Waals surface area contributed by atoms with Crippen molar-refractivity contribution < 1.29 is 88.6 Å². The average Bonchev–Trinajstić information content (AvgIpc) is 1.85. The first kappa shape index (κ1) is 129. The van der Waals surface area contributed by atoms with Crippen molar-refractivity contribution in [2.24, 2.45) is 11.8 Å². The van der Waals surface area contributed by atoms with Gasteiger partial charge in [0.25, 0.3) is 0 Å². The van der Waals surface area contributed by atoms with E-state index in [0.717, 1.165) is 57.8 Å². The molecule has 133 heavy (non-hydrogen) atoms. The molecule has 0 unspecified atom stereocenters. The van der Waals surface area contributed by atoms with Gasteiger partial charge in [-0.05, 0) is 204 Å². The third-order valence-corrected chi connectivity index (χ3v) is 16.1. The maximum Gasteiger partial charge on any atom is 0.155 e. The molecule has 712 valence electrons. The first-order chi connectivity index (χ1) is 63.7. The zero-order valence-corrected chi connectivity index (χ0v) is 79.5. The summed E-state index contributed by atoms with van der Waals surface area (Å²) in [5.74, 6) is 56.0. The number of Topliss-reactive ketones (excluding diaryl/α,β-unsaturated/α-hetero) is 7. The van der Waals surface area contributed by atoms with Gasteiger partial charge in [-0.1, -0.05) is 249 Å². The van der Waals surface area contributed by atoms with Gasteiger partial charge in [0.2, 0.25) is 0 Å². The number of aliphatic hydroxyl groups excluding tert-OH is 9. The summed E-state index contributed by atoms with van der Waals surface area (Å²) >= 11 is 0. The van der Waals surface area contributed by atoms with E-state index in [0.29, 0.717) is 127 Å². The Morgan fingerprint density at radius 1 is 0.376 bits per heavy atom. The highest BCUT2D eigenvalue weighted by molar-refractivity contribution is 5.77. The van der Waals surface area contributed by atoms with Crippen molar-refractivity contribution in [3.05, 3.63) is 206 Å². The molecule has 0 saturated heterocycles. The van der Waals surface area contributed by atoms with E-state index in [1.54, 1.807) is 167 Å². The van der Waals surface area contributed by atoms with Crippen LogP contribution in [0.1, 0.15) is 248 Å². The van der Waals surface area contributed by atoms with Gasteiger partial charge in [-0.25, -0.2) is 4.39 Å². The quantitative estimate of drug-likeness (QED) is 0.0166. The Kier molecular flexibility index (Phi) is 95.6. The van der Waals surface area contributed by atoms with E-state index in [2.05, 4.69) is 132 Å². The smallest absolute Gasteiger partial charge is 0.155 e. The van der Waals surface area contributed by atoms with E-state index in [-0.39, 0.29) is 65.4 Å². The number of allylic oxidation sites excluding steroid dienone is 23. The molecule has 1 aromatic carbocycles. The summed E-state index contributed by atoms with van der Waals surface area (Å²) in [6.45, 7) is 15.4. The van der Waals surface area contributed by atoms with Crippen LogP contribution in [0.3, 0.4) is 0 Å². The highest BCUT2D eigenvalue weighted by Gasteiger charge is 2.23.